The van der Waals surface area contributed by atoms with Gasteiger partial charge in [0, 0.05) is 13.0 Å². The third-order valence-corrected chi connectivity index (χ3v) is 3.37. The molecule has 3 atom stereocenters. The van der Waals surface area contributed by atoms with E-state index in [1.807, 2.05) is 18.2 Å². The van der Waals surface area contributed by atoms with E-state index >= 15 is 0 Å². The molecule has 2 rings (SSSR count). The van der Waals surface area contributed by atoms with E-state index in [9.17, 15) is 0 Å². The number of ether oxygens (including phenoxy) is 3. The molecule has 1 saturated heterocycles. The summed E-state index contributed by atoms with van der Waals surface area (Å²) in [6.45, 7) is 3.45. The topological polar surface area (TPSA) is 27.7 Å². The Morgan fingerprint density at radius 2 is 2.06 bits per heavy atom. The zero-order valence-electron chi connectivity index (χ0n) is 11.2. The van der Waals surface area contributed by atoms with Gasteiger partial charge < -0.3 is 14.2 Å². The first kappa shape index (κ1) is 13.5. The van der Waals surface area contributed by atoms with Gasteiger partial charge in [-0.05, 0) is 18.4 Å². The van der Waals surface area contributed by atoms with Crippen LogP contribution in [0.2, 0.25) is 0 Å². The first-order valence-corrected chi connectivity index (χ1v) is 6.63. The van der Waals surface area contributed by atoms with E-state index in [1.165, 1.54) is 5.56 Å². The highest BCUT2D eigenvalue weighted by Crippen LogP contribution is 2.29. The van der Waals surface area contributed by atoms with E-state index in [2.05, 4.69) is 19.1 Å². The molecule has 0 bridgehead atoms. The van der Waals surface area contributed by atoms with E-state index in [1.54, 1.807) is 7.11 Å². The van der Waals surface area contributed by atoms with Crippen LogP contribution < -0.4 is 0 Å². The van der Waals surface area contributed by atoms with E-state index in [0.29, 0.717) is 25.2 Å². The monoisotopic (exact) mass is 250 g/mol. The first-order chi connectivity index (χ1) is 8.83. The van der Waals surface area contributed by atoms with Gasteiger partial charge in [0.1, 0.15) is 0 Å². The summed E-state index contributed by atoms with van der Waals surface area (Å²) in [7, 11) is 1.73. The van der Waals surface area contributed by atoms with Crippen molar-refractivity contribution in [2.24, 2.45) is 5.92 Å². The molecule has 1 heterocycles. The fraction of sp³-hybridized carbons (Fsp3) is 0.600. The van der Waals surface area contributed by atoms with Crippen molar-refractivity contribution in [3.05, 3.63) is 35.9 Å². The second-order valence-electron chi connectivity index (χ2n) is 4.78. The highest BCUT2D eigenvalue weighted by molar-refractivity contribution is 5.13. The minimum atomic E-state index is -0.130. The van der Waals surface area contributed by atoms with Crippen LogP contribution in [0.5, 0.6) is 0 Å². The van der Waals surface area contributed by atoms with Crippen molar-refractivity contribution in [2.45, 2.75) is 38.8 Å². The van der Waals surface area contributed by atoms with Crippen LogP contribution in [0.4, 0.5) is 0 Å². The molecule has 1 fully saturated rings. The van der Waals surface area contributed by atoms with Gasteiger partial charge >= 0.3 is 0 Å². The van der Waals surface area contributed by atoms with Crippen molar-refractivity contribution in [1.82, 2.24) is 0 Å². The summed E-state index contributed by atoms with van der Waals surface area (Å²) in [4.78, 5) is 0. The summed E-state index contributed by atoms with van der Waals surface area (Å²) in [5.74, 6) is 0.351. The van der Waals surface area contributed by atoms with Crippen LogP contribution >= 0.6 is 0 Å². The third kappa shape index (κ3) is 3.55. The summed E-state index contributed by atoms with van der Waals surface area (Å²) in [5, 5.41) is 0. The molecule has 0 aliphatic carbocycles. The molecule has 0 spiro atoms. The van der Waals surface area contributed by atoms with Gasteiger partial charge in [-0.3, -0.25) is 0 Å². The van der Waals surface area contributed by atoms with Gasteiger partial charge in [-0.2, -0.15) is 0 Å². The van der Waals surface area contributed by atoms with Crippen molar-refractivity contribution >= 4 is 0 Å². The van der Waals surface area contributed by atoms with Crippen LogP contribution in [0.15, 0.2) is 30.3 Å². The Kier molecular flexibility index (Phi) is 5.17. The van der Waals surface area contributed by atoms with E-state index in [4.69, 9.17) is 14.2 Å². The Bertz CT molecular complexity index is 339. The highest BCUT2D eigenvalue weighted by Gasteiger charge is 2.34. The quantitative estimate of drug-likeness (QED) is 0.777. The number of rotatable bonds is 6. The number of hydrogen-bond acceptors (Lipinski definition) is 3. The Morgan fingerprint density at radius 1 is 1.28 bits per heavy atom. The second kappa shape index (κ2) is 6.88. The molecule has 0 aromatic heterocycles. The van der Waals surface area contributed by atoms with Crippen LogP contribution in [0, 0.1) is 5.92 Å². The SMILES string of the molecule is CCC1CC(COC)C(OCc2ccccc2)O1. The average molecular weight is 250 g/mol. The lowest BCUT2D eigenvalue weighted by Crippen LogP contribution is -2.23. The van der Waals surface area contributed by atoms with Crippen LogP contribution in [-0.4, -0.2) is 26.1 Å². The fourth-order valence-corrected chi connectivity index (χ4v) is 2.36. The molecule has 3 heteroatoms. The number of benzene rings is 1. The van der Waals surface area contributed by atoms with Crippen LogP contribution in [0.25, 0.3) is 0 Å². The molecule has 0 N–H and O–H groups in total. The predicted octanol–water partition coefficient (Wildman–Crippen LogP) is 2.99. The Labute approximate surface area is 109 Å². The Hall–Kier alpha value is -0.900. The lowest BCUT2D eigenvalue weighted by molar-refractivity contribution is -0.162. The molecular formula is C15H22O3. The van der Waals surface area contributed by atoms with E-state index in [0.717, 1.165) is 12.8 Å². The molecule has 1 aromatic carbocycles. The number of hydrogen-bond donors (Lipinski definition) is 0. The van der Waals surface area contributed by atoms with Gasteiger partial charge in [0.15, 0.2) is 6.29 Å². The zero-order valence-corrected chi connectivity index (χ0v) is 11.2. The van der Waals surface area contributed by atoms with Gasteiger partial charge in [0.2, 0.25) is 0 Å². The van der Waals surface area contributed by atoms with Gasteiger partial charge in [0.25, 0.3) is 0 Å². The van der Waals surface area contributed by atoms with E-state index in [-0.39, 0.29) is 6.29 Å². The molecule has 0 saturated carbocycles. The predicted molar refractivity (Wildman–Crippen MR) is 70.2 cm³/mol. The molecular weight excluding hydrogens is 228 g/mol. The molecule has 3 nitrogen and oxygen atoms in total. The highest BCUT2D eigenvalue weighted by atomic mass is 16.7. The maximum atomic E-state index is 5.90. The standard InChI is InChI=1S/C15H22O3/c1-3-14-9-13(11-16-2)15(18-14)17-10-12-7-5-4-6-8-12/h4-8,13-15H,3,9-11H2,1-2H3. The summed E-state index contributed by atoms with van der Waals surface area (Å²) in [6.07, 6.45) is 2.25. The molecule has 18 heavy (non-hydrogen) atoms. The average Bonchev–Trinajstić information content (AvgIpc) is 2.81. The Balaban J connectivity index is 1.86. The maximum absolute atomic E-state index is 5.90. The van der Waals surface area contributed by atoms with Gasteiger partial charge in [-0.1, -0.05) is 37.3 Å². The molecule has 100 valence electrons. The van der Waals surface area contributed by atoms with Gasteiger partial charge in [0.05, 0.1) is 19.3 Å². The molecule has 0 radical (unpaired) electrons. The molecule has 3 unspecified atom stereocenters. The van der Waals surface area contributed by atoms with Crippen molar-refractivity contribution in [3.63, 3.8) is 0 Å². The third-order valence-electron chi connectivity index (χ3n) is 3.37. The minimum Gasteiger partial charge on any atom is -0.384 e. The minimum absolute atomic E-state index is 0.130. The smallest absolute Gasteiger partial charge is 0.163 e. The molecule has 1 aromatic rings. The largest absolute Gasteiger partial charge is 0.384 e. The van der Waals surface area contributed by atoms with Gasteiger partial charge in [-0.15, -0.1) is 0 Å². The van der Waals surface area contributed by atoms with Gasteiger partial charge in [-0.25, -0.2) is 0 Å². The van der Waals surface area contributed by atoms with Crippen molar-refractivity contribution in [3.8, 4) is 0 Å². The zero-order chi connectivity index (χ0) is 12.8. The number of methoxy groups -OCH3 is 1. The summed E-state index contributed by atoms with van der Waals surface area (Å²) >= 11 is 0. The molecule has 1 aliphatic rings. The fourth-order valence-electron chi connectivity index (χ4n) is 2.36. The molecule has 0 amide bonds. The maximum Gasteiger partial charge on any atom is 0.163 e. The normalized spacial score (nSPS) is 27.6. The summed E-state index contributed by atoms with van der Waals surface area (Å²) in [6, 6.07) is 10.2. The lowest BCUT2D eigenvalue weighted by atomic mass is 10.0. The lowest BCUT2D eigenvalue weighted by Gasteiger charge is -2.18. The summed E-state index contributed by atoms with van der Waals surface area (Å²) < 4.78 is 17.0. The first-order valence-electron chi connectivity index (χ1n) is 6.63. The second-order valence-corrected chi connectivity index (χ2v) is 4.78. The van der Waals surface area contributed by atoms with Crippen LogP contribution in [0.3, 0.4) is 0 Å². The molecule has 1 aliphatic heterocycles. The van der Waals surface area contributed by atoms with Crippen molar-refractivity contribution in [2.75, 3.05) is 13.7 Å². The van der Waals surface area contributed by atoms with Crippen LogP contribution in [-0.2, 0) is 20.8 Å². The van der Waals surface area contributed by atoms with Crippen molar-refractivity contribution in [1.29, 1.82) is 0 Å². The van der Waals surface area contributed by atoms with Crippen LogP contribution in [0.1, 0.15) is 25.3 Å². The van der Waals surface area contributed by atoms with Crippen molar-refractivity contribution < 1.29 is 14.2 Å². The Morgan fingerprint density at radius 3 is 2.72 bits per heavy atom. The van der Waals surface area contributed by atoms with E-state index < -0.39 is 0 Å². The summed E-state index contributed by atoms with van der Waals surface area (Å²) in [5.41, 5.74) is 1.18.